The van der Waals surface area contributed by atoms with Crippen LogP contribution < -0.4 is 10.9 Å². The van der Waals surface area contributed by atoms with E-state index < -0.39 is 0 Å². The Morgan fingerprint density at radius 2 is 2.46 bits per heavy atom. The summed E-state index contributed by atoms with van der Waals surface area (Å²) in [4.78, 5) is 11.1. The average molecular weight is 182 g/mol. The van der Waals surface area contributed by atoms with Gasteiger partial charge in [0, 0.05) is 12.0 Å². The Morgan fingerprint density at radius 3 is 3.08 bits per heavy atom. The summed E-state index contributed by atoms with van der Waals surface area (Å²) in [6.07, 6.45) is 6.86. The first kappa shape index (κ1) is 9.00. The summed E-state index contributed by atoms with van der Waals surface area (Å²) in [5.41, 5.74) is 6.03. The molecule has 0 radical (unpaired) electrons. The lowest BCUT2D eigenvalue weighted by atomic mass is 9.74. The third-order valence-electron chi connectivity index (χ3n) is 3.49. The lowest BCUT2D eigenvalue weighted by Gasteiger charge is -2.36. The van der Waals surface area contributed by atoms with Crippen LogP contribution in [0, 0.1) is 5.92 Å². The molecule has 0 aromatic rings. The molecule has 0 bridgehead atoms. The minimum atomic E-state index is 0.107. The second kappa shape index (κ2) is 3.29. The standard InChI is InChI=1S/C10H18N2O/c1-2-8-4-3-5-10(6-8)7-9(13)11-12-10/h8,12H,2-7H2,1H3,(H,11,13). The molecule has 1 amide bonds. The normalized spacial score (nSPS) is 39.5. The van der Waals surface area contributed by atoms with Gasteiger partial charge >= 0.3 is 0 Å². The van der Waals surface area contributed by atoms with Gasteiger partial charge in [-0.15, -0.1) is 0 Å². The maximum atomic E-state index is 11.1. The molecular formula is C10H18N2O. The highest BCUT2D eigenvalue weighted by Crippen LogP contribution is 2.37. The SMILES string of the molecule is CCC1CCCC2(CC(=O)NN2)C1. The monoisotopic (exact) mass is 182 g/mol. The van der Waals surface area contributed by atoms with E-state index >= 15 is 0 Å². The molecule has 1 aliphatic carbocycles. The van der Waals surface area contributed by atoms with Gasteiger partial charge in [-0.25, -0.2) is 5.43 Å². The first-order valence-corrected chi connectivity index (χ1v) is 5.30. The lowest BCUT2D eigenvalue weighted by Crippen LogP contribution is -2.47. The first-order valence-electron chi connectivity index (χ1n) is 5.30. The molecule has 2 rings (SSSR count). The van der Waals surface area contributed by atoms with Crippen LogP contribution in [0.2, 0.25) is 0 Å². The van der Waals surface area contributed by atoms with Gasteiger partial charge < -0.3 is 0 Å². The van der Waals surface area contributed by atoms with Gasteiger partial charge in [0.1, 0.15) is 0 Å². The highest BCUT2D eigenvalue weighted by Gasteiger charge is 2.41. The number of hydrogen-bond acceptors (Lipinski definition) is 2. The molecule has 13 heavy (non-hydrogen) atoms. The smallest absolute Gasteiger partial charge is 0.236 e. The summed E-state index contributed by atoms with van der Waals surface area (Å²) in [6.45, 7) is 2.24. The van der Waals surface area contributed by atoms with Crippen LogP contribution in [-0.2, 0) is 4.79 Å². The molecule has 2 N–H and O–H groups in total. The maximum absolute atomic E-state index is 11.1. The largest absolute Gasteiger partial charge is 0.291 e. The first-order chi connectivity index (χ1) is 6.24. The molecule has 2 unspecified atom stereocenters. The second-order valence-electron chi connectivity index (χ2n) is 4.50. The molecule has 3 nitrogen and oxygen atoms in total. The van der Waals surface area contributed by atoms with Crippen molar-refractivity contribution in [3.8, 4) is 0 Å². The molecular weight excluding hydrogens is 164 g/mol. The fourth-order valence-corrected chi connectivity index (χ4v) is 2.71. The highest BCUT2D eigenvalue weighted by atomic mass is 16.2. The van der Waals surface area contributed by atoms with E-state index in [0.29, 0.717) is 6.42 Å². The van der Waals surface area contributed by atoms with Crippen LogP contribution in [0.1, 0.15) is 45.4 Å². The quantitative estimate of drug-likeness (QED) is 0.642. The van der Waals surface area contributed by atoms with Gasteiger partial charge in [-0.2, -0.15) is 0 Å². The summed E-state index contributed by atoms with van der Waals surface area (Å²) < 4.78 is 0. The van der Waals surface area contributed by atoms with Crippen LogP contribution in [0.4, 0.5) is 0 Å². The van der Waals surface area contributed by atoms with Crippen LogP contribution in [-0.4, -0.2) is 11.4 Å². The van der Waals surface area contributed by atoms with E-state index in [2.05, 4.69) is 17.8 Å². The van der Waals surface area contributed by atoms with E-state index in [-0.39, 0.29) is 11.4 Å². The Balaban J connectivity index is 2.02. The van der Waals surface area contributed by atoms with Gasteiger partial charge in [0.05, 0.1) is 0 Å². The Labute approximate surface area is 79.2 Å². The number of carbonyl (C=O) groups excluding carboxylic acids is 1. The molecule has 2 fully saturated rings. The van der Waals surface area contributed by atoms with Crippen LogP contribution in [0.15, 0.2) is 0 Å². The van der Waals surface area contributed by atoms with Crippen molar-refractivity contribution in [3.05, 3.63) is 0 Å². The zero-order valence-corrected chi connectivity index (χ0v) is 8.23. The number of hydrogen-bond donors (Lipinski definition) is 2. The van der Waals surface area contributed by atoms with Crippen LogP contribution in [0.25, 0.3) is 0 Å². The molecule has 0 aromatic heterocycles. The molecule has 1 saturated heterocycles. The van der Waals surface area contributed by atoms with Crippen molar-refractivity contribution in [2.24, 2.45) is 5.92 Å². The van der Waals surface area contributed by atoms with Crippen LogP contribution in [0.5, 0.6) is 0 Å². The molecule has 0 aromatic carbocycles. The number of amides is 1. The van der Waals surface area contributed by atoms with Crippen LogP contribution >= 0.6 is 0 Å². The highest BCUT2D eigenvalue weighted by molar-refractivity contribution is 5.79. The third kappa shape index (κ3) is 1.70. The van der Waals surface area contributed by atoms with Gasteiger partial charge in [-0.3, -0.25) is 10.2 Å². The van der Waals surface area contributed by atoms with Crippen molar-refractivity contribution in [1.82, 2.24) is 10.9 Å². The topological polar surface area (TPSA) is 41.1 Å². The van der Waals surface area contributed by atoms with Crippen molar-refractivity contribution < 1.29 is 4.79 Å². The molecule has 2 atom stereocenters. The van der Waals surface area contributed by atoms with E-state index in [0.717, 1.165) is 12.3 Å². The minimum absolute atomic E-state index is 0.107. The summed E-state index contributed by atoms with van der Waals surface area (Å²) in [5.74, 6) is 0.978. The molecule has 1 heterocycles. The number of rotatable bonds is 1. The van der Waals surface area contributed by atoms with E-state index in [1.807, 2.05) is 0 Å². The third-order valence-corrected chi connectivity index (χ3v) is 3.49. The summed E-state index contributed by atoms with van der Waals surface area (Å²) >= 11 is 0. The molecule has 74 valence electrons. The van der Waals surface area contributed by atoms with Crippen molar-refractivity contribution in [2.75, 3.05) is 0 Å². The van der Waals surface area contributed by atoms with E-state index in [1.54, 1.807) is 0 Å². The number of carbonyl (C=O) groups is 1. The van der Waals surface area contributed by atoms with Crippen molar-refractivity contribution in [2.45, 2.75) is 51.0 Å². The zero-order valence-electron chi connectivity index (χ0n) is 8.23. The summed E-state index contributed by atoms with van der Waals surface area (Å²) in [6, 6.07) is 0. The van der Waals surface area contributed by atoms with Gasteiger partial charge in [0.25, 0.3) is 0 Å². The Hall–Kier alpha value is -0.570. The van der Waals surface area contributed by atoms with Crippen molar-refractivity contribution in [3.63, 3.8) is 0 Å². The molecule has 1 spiro atoms. The Morgan fingerprint density at radius 1 is 1.62 bits per heavy atom. The van der Waals surface area contributed by atoms with E-state index in [1.165, 1.54) is 25.7 Å². The Bertz CT molecular complexity index is 217. The fraction of sp³-hybridized carbons (Fsp3) is 0.900. The molecule has 3 heteroatoms. The average Bonchev–Trinajstić information content (AvgIpc) is 2.47. The number of nitrogens with one attached hydrogen (secondary N) is 2. The maximum Gasteiger partial charge on any atom is 0.236 e. The predicted octanol–water partition coefficient (Wildman–Crippen LogP) is 1.35. The summed E-state index contributed by atoms with van der Waals surface area (Å²) in [7, 11) is 0. The van der Waals surface area contributed by atoms with Gasteiger partial charge in [0.2, 0.25) is 5.91 Å². The lowest BCUT2D eigenvalue weighted by molar-refractivity contribution is -0.119. The van der Waals surface area contributed by atoms with Gasteiger partial charge in [-0.05, 0) is 18.8 Å². The number of hydrazine groups is 1. The molecule has 1 aliphatic heterocycles. The zero-order chi connectivity index (χ0) is 9.31. The van der Waals surface area contributed by atoms with Crippen molar-refractivity contribution >= 4 is 5.91 Å². The van der Waals surface area contributed by atoms with Gasteiger partial charge in [-0.1, -0.05) is 26.2 Å². The molecule has 2 aliphatic rings. The van der Waals surface area contributed by atoms with Crippen molar-refractivity contribution in [1.29, 1.82) is 0 Å². The van der Waals surface area contributed by atoms with E-state index in [4.69, 9.17) is 0 Å². The predicted molar refractivity (Wildman–Crippen MR) is 50.9 cm³/mol. The van der Waals surface area contributed by atoms with Crippen LogP contribution in [0.3, 0.4) is 0 Å². The second-order valence-corrected chi connectivity index (χ2v) is 4.50. The summed E-state index contributed by atoms with van der Waals surface area (Å²) in [5, 5.41) is 0. The fourth-order valence-electron chi connectivity index (χ4n) is 2.71. The van der Waals surface area contributed by atoms with E-state index in [9.17, 15) is 4.79 Å². The Kier molecular flexibility index (Phi) is 2.28. The molecule has 1 saturated carbocycles. The van der Waals surface area contributed by atoms with Gasteiger partial charge in [0.15, 0.2) is 0 Å². The minimum Gasteiger partial charge on any atom is -0.291 e.